The minimum Gasteiger partial charge on any atom is -0.569 e. The third-order valence-corrected chi connectivity index (χ3v) is 0.450. The molecular weight excluding hydrogens is 133 g/mol. The molecule has 0 bridgehead atoms. The summed E-state index contributed by atoms with van der Waals surface area (Å²) in [5, 5.41) is 20.1. The average molecular weight is 142 g/mol. The molecule has 0 radical (unpaired) electrons. The summed E-state index contributed by atoms with van der Waals surface area (Å²) in [5.41, 5.74) is 2.25. The zero-order chi connectivity index (χ0) is 6.57. The molecule has 2 N–H and O–H groups in total. The Morgan fingerprint density at radius 2 is 2.11 bits per heavy atom. The first-order valence-corrected chi connectivity index (χ1v) is 2.25. The quantitative estimate of drug-likeness (QED) is 0.190. The van der Waals surface area contributed by atoms with Crippen LogP contribution in [0.1, 0.15) is 13.8 Å². The topological polar surface area (TPSA) is 70.7 Å². The first-order valence-electron chi connectivity index (χ1n) is 2.25. The second-order valence-corrected chi connectivity index (χ2v) is 1.65. The van der Waals surface area contributed by atoms with Crippen LogP contribution in [0.3, 0.4) is 0 Å². The second-order valence-electron chi connectivity index (χ2n) is 1.65. The maximum absolute atomic E-state index is 10.0. The summed E-state index contributed by atoms with van der Waals surface area (Å²) < 4.78 is 0. The molecule has 0 aliphatic carbocycles. The van der Waals surface area contributed by atoms with Crippen molar-refractivity contribution in [3.63, 3.8) is 0 Å². The summed E-state index contributed by atoms with van der Waals surface area (Å²) in [5.74, 6) is 0. The predicted molar refractivity (Wildman–Crippen MR) is 26.1 cm³/mol. The Morgan fingerprint density at radius 3 is 2.22 bits per heavy atom. The van der Waals surface area contributed by atoms with Gasteiger partial charge in [-0.05, 0) is 13.8 Å². The van der Waals surface area contributed by atoms with Crippen molar-refractivity contribution in [2.45, 2.75) is 19.9 Å². The fourth-order valence-electron chi connectivity index (χ4n) is 0.247. The van der Waals surface area contributed by atoms with Gasteiger partial charge in [-0.15, -0.1) is 0 Å². The van der Waals surface area contributed by atoms with E-state index in [1.807, 2.05) is 0 Å². The number of hydrogen-bond donors (Lipinski definition) is 2. The Hall–Kier alpha value is 0. The minimum atomic E-state index is -0.0107. The Morgan fingerprint density at radius 1 is 1.67 bits per heavy atom. The van der Waals surface area contributed by atoms with Gasteiger partial charge >= 0.3 is 29.6 Å². The van der Waals surface area contributed by atoms with Crippen LogP contribution in [0.15, 0.2) is 5.28 Å². The third kappa shape index (κ3) is 8.00. The molecule has 0 amide bonds. The van der Waals surface area contributed by atoms with E-state index < -0.39 is 0 Å². The normalized spacial score (nSPS) is 10.8. The van der Waals surface area contributed by atoms with Crippen molar-refractivity contribution in [2.75, 3.05) is 0 Å². The van der Waals surface area contributed by atoms with E-state index in [0.717, 1.165) is 0 Å². The van der Waals surface area contributed by atoms with Gasteiger partial charge in [0.05, 0.1) is 11.0 Å². The molecule has 0 atom stereocenters. The molecule has 0 saturated heterocycles. The summed E-state index contributed by atoms with van der Waals surface area (Å²) in [6.07, 6.45) is 0. The van der Waals surface area contributed by atoms with Crippen LogP contribution in [0.2, 0.25) is 0 Å². The van der Waals surface area contributed by atoms with Crippen molar-refractivity contribution >= 4 is 0 Å². The van der Waals surface area contributed by atoms with Crippen LogP contribution in [0, 0.1) is 5.21 Å². The van der Waals surface area contributed by atoms with Crippen LogP contribution in [0.4, 0.5) is 0 Å². The SMILES string of the molecule is CC(C)N/[N+]([O-])=N/O.[Na+]. The molecule has 0 aliphatic rings. The van der Waals surface area contributed by atoms with Gasteiger partial charge in [0, 0.05) is 0 Å². The van der Waals surface area contributed by atoms with Gasteiger partial charge in [0.25, 0.3) is 0 Å². The van der Waals surface area contributed by atoms with E-state index in [2.05, 4.69) is 10.7 Å². The van der Waals surface area contributed by atoms with Gasteiger partial charge in [-0.1, -0.05) is 0 Å². The average Bonchev–Trinajstić information content (AvgIpc) is 1.65. The number of hydrogen-bond acceptors (Lipinski definition) is 2. The van der Waals surface area contributed by atoms with Crippen LogP contribution in [0.25, 0.3) is 0 Å². The molecule has 0 heterocycles. The van der Waals surface area contributed by atoms with E-state index in [9.17, 15) is 5.21 Å². The molecule has 0 fully saturated rings. The van der Waals surface area contributed by atoms with Gasteiger partial charge in [-0.2, -0.15) is 5.43 Å². The van der Waals surface area contributed by atoms with Gasteiger partial charge in [0.2, 0.25) is 5.28 Å². The number of nitrogens with zero attached hydrogens (tertiary/aromatic N) is 2. The fourth-order valence-corrected chi connectivity index (χ4v) is 0.247. The van der Waals surface area contributed by atoms with Gasteiger partial charge in [0.1, 0.15) is 0 Å². The predicted octanol–water partition coefficient (Wildman–Crippen LogP) is -2.74. The van der Waals surface area contributed by atoms with Gasteiger partial charge in [-0.25, -0.2) is 0 Å². The Kier molecular flexibility index (Phi) is 8.00. The molecule has 48 valence electrons. The van der Waals surface area contributed by atoms with Crippen LogP contribution in [-0.2, 0) is 0 Å². The van der Waals surface area contributed by atoms with Crippen LogP contribution in [-0.4, -0.2) is 16.2 Å². The van der Waals surface area contributed by atoms with Crippen molar-refractivity contribution < 1.29 is 39.7 Å². The van der Waals surface area contributed by atoms with Crippen molar-refractivity contribution in [3.8, 4) is 0 Å². The number of nitrogens with one attached hydrogen (secondary N) is 1. The molecule has 5 nitrogen and oxygen atoms in total. The molecule has 0 aromatic heterocycles. The summed E-state index contributed by atoms with van der Waals surface area (Å²) in [7, 11) is 0. The van der Waals surface area contributed by atoms with E-state index in [0.29, 0.717) is 0 Å². The summed E-state index contributed by atoms with van der Waals surface area (Å²) in [6.45, 7) is 3.52. The van der Waals surface area contributed by atoms with Crippen molar-refractivity contribution in [1.29, 1.82) is 0 Å². The first-order chi connectivity index (χ1) is 3.66. The fraction of sp³-hybridized carbons (Fsp3) is 1.00. The largest absolute Gasteiger partial charge is 1.00 e. The third-order valence-electron chi connectivity index (χ3n) is 0.450. The number of hydrazine groups is 1. The zero-order valence-corrected chi connectivity index (χ0v) is 7.83. The van der Waals surface area contributed by atoms with Gasteiger partial charge < -0.3 is 10.4 Å². The van der Waals surface area contributed by atoms with Crippen LogP contribution >= 0.6 is 0 Å². The van der Waals surface area contributed by atoms with Gasteiger partial charge in [0.15, 0.2) is 0 Å². The minimum absolute atomic E-state index is 0. The van der Waals surface area contributed by atoms with E-state index in [4.69, 9.17) is 5.21 Å². The van der Waals surface area contributed by atoms with E-state index >= 15 is 0 Å². The molecule has 0 aromatic carbocycles. The monoisotopic (exact) mass is 142 g/mol. The zero-order valence-electron chi connectivity index (χ0n) is 5.83. The molecule has 0 unspecified atom stereocenters. The summed E-state index contributed by atoms with van der Waals surface area (Å²) in [6, 6.07) is -0.0107. The molecule has 0 rings (SSSR count). The molecule has 6 heteroatoms. The Labute approximate surface area is 75.6 Å². The molecule has 0 saturated carbocycles. The maximum Gasteiger partial charge on any atom is 1.00 e. The maximum atomic E-state index is 10.0. The van der Waals surface area contributed by atoms with Crippen molar-refractivity contribution in [2.24, 2.45) is 5.28 Å². The first kappa shape index (κ1) is 11.8. The smallest absolute Gasteiger partial charge is 0.569 e. The Bertz CT molecular complexity index is 95.1. The molecule has 0 spiro atoms. The molecule has 0 aromatic rings. The van der Waals surface area contributed by atoms with E-state index in [1.54, 1.807) is 13.8 Å². The number of rotatable bonds is 2. The summed E-state index contributed by atoms with van der Waals surface area (Å²) in [4.78, 5) is 0.00463. The molecule has 9 heavy (non-hydrogen) atoms. The van der Waals surface area contributed by atoms with Crippen molar-refractivity contribution in [1.82, 2.24) is 5.43 Å². The second kappa shape index (κ2) is 6.12. The molecular formula is C3H9N3NaO2+. The molecule has 0 aliphatic heterocycles. The Balaban J connectivity index is 0. The van der Waals surface area contributed by atoms with Gasteiger partial charge in [-0.3, -0.25) is 0 Å². The van der Waals surface area contributed by atoms with Crippen LogP contribution < -0.4 is 35.0 Å². The van der Waals surface area contributed by atoms with E-state index in [1.165, 1.54) is 0 Å². The standard InChI is InChI=1S/C3H9N3O2.Na/c1-3(2)4-6(8)5-7;/h3,7H,1-2H3,(H,4,5);/q;+1. The van der Waals surface area contributed by atoms with Crippen LogP contribution in [0.5, 0.6) is 0 Å². The van der Waals surface area contributed by atoms with E-state index in [-0.39, 0.29) is 40.6 Å². The van der Waals surface area contributed by atoms with Crippen molar-refractivity contribution in [3.05, 3.63) is 5.21 Å². The summed E-state index contributed by atoms with van der Waals surface area (Å²) >= 11 is 0.